The minimum atomic E-state index is -1.70. The Bertz CT molecular complexity index is 311. The van der Waals surface area contributed by atoms with Crippen LogP contribution in [0.1, 0.15) is 0 Å². The van der Waals surface area contributed by atoms with E-state index in [0.717, 1.165) is 0 Å². The van der Waals surface area contributed by atoms with Crippen LogP contribution in [0.2, 0.25) is 39.3 Å². The second-order valence-corrected chi connectivity index (χ2v) is 14.7. The summed E-state index contributed by atoms with van der Waals surface area (Å²) in [5, 5.41) is 0. The molecule has 0 saturated carbocycles. The predicted molar refractivity (Wildman–Crippen MR) is 79.0 cm³/mol. The molecule has 0 aromatic rings. The molecule has 18 heavy (non-hydrogen) atoms. The number of rotatable bonds is 7. The molecule has 0 aliphatic rings. The summed E-state index contributed by atoms with van der Waals surface area (Å²) in [7, 11) is -0.205. The molecule has 0 radical (unpaired) electrons. The van der Waals surface area contributed by atoms with E-state index in [1.165, 1.54) is 0 Å². The third-order valence-corrected chi connectivity index (χ3v) is 3.19. The zero-order valence-electron chi connectivity index (χ0n) is 12.8. The van der Waals surface area contributed by atoms with Crippen LogP contribution in [0.15, 0.2) is 24.0 Å². The molecular formula is C12H26O4Si2. The molecule has 4 nitrogen and oxygen atoms in total. The first kappa shape index (κ1) is 17.1. The van der Waals surface area contributed by atoms with Crippen LogP contribution in [-0.2, 0) is 18.3 Å². The SMILES string of the molecule is CO/C=C(/C=C(/OC)O[Si](C)(C)C)O[Si](C)(C)C. The van der Waals surface area contributed by atoms with Crippen LogP contribution in [-0.4, -0.2) is 30.9 Å². The van der Waals surface area contributed by atoms with Crippen LogP contribution in [0.4, 0.5) is 0 Å². The molecule has 0 aromatic carbocycles. The van der Waals surface area contributed by atoms with E-state index < -0.39 is 16.6 Å². The van der Waals surface area contributed by atoms with Crippen molar-refractivity contribution in [3.05, 3.63) is 24.0 Å². The van der Waals surface area contributed by atoms with Crippen molar-refractivity contribution in [2.24, 2.45) is 0 Å². The summed E-state index contributed by atoms with van der Waals surface area (Å²) in [6.07, 6.45) is 3.30. The molecule has 0 bridgehead atoms. The van der Waals surface area contributed by atoms with E-state index in [1.807, 2.05) is 0 Å². The van der Waals surface area contributed by atoms with Gasteiger partial charge in [-0.3, -0.25) is 0 Å². The van der Waals surface area contributed by atoms with Crippen LogP contribution in [0.3, 0.4) is 0 Å². The summed E-state index contributed by atoms with van der Waals surface area (Å²) in [5.74, 6) is 1.10. The van der Waals surface area contributed by atoms with E-state index in [4.69, 9.17) is 18.3 Å². The average Bonchev–Trinajstić information content (AvgIpc) is 2.12. The molecular weight excluding hydrogens is 264 g/mol. The normalized spacial score (nSPS) is 14.2. The molecule has 0 spiro atoms. The fraction of sp³-hybridized carbons (Fsp3) is 0.667. The molecule has 0 aliphatic heterocycles. The van der Waals surface area contributed by atoms with Gasteiger partial charge in [0.15, 0.2) is 0 Å². The number of allylic oxidation sites excluding steroid dienone is 1. The largest absolute Gasteiger partial charge is 0.542 e. The van der Waals surface area contributed by atoms with Gasteiger partial charge in [0.1, 0.15) is 12.0 Å². The third kappa shape index (κ3) is 9.18. The standard InChI is InChI=1S/C12H26O4Si2/c1-13-10-11(15-17(3,4)5)9-12(14-2)16-18(6,7)8/h9-10H,1-8H3/b11-10-,12-9-. The van der Waals surface area contributed by atoms with Gasteiger partial charge in [-0.15, -0.1) is 0 Å². The lowest BCUT2D eigenvalue weighted by molar-refractivity contribution is 0.145. The summed E-state index contributed by atoms with van der Waals surface area (Å²) in [5.41, 5.74) is 0. The quantitative estimate of drug-likeness (QED) is 0.407. The maximum absolute atomic E-state index is 5.88. The van der Waals surface area contributed by atoms with E-state index in [-0.39, 0.29) is 0 Å². The molecule has 0 aromatic heterocycles. The fourth-order valence-electron chi connectivity index (χ4n) is 1.11. The highest BCUT2D eigenvalue weighted by atomic mass is 28.4. The minimum Gasteiger partial charge on any atom is -0.542 e. The summed E-state index contributed by atoms with van der Waals surface area (Å²) in [6, 6.07) is 0. The van der Waals surface area contributed by atoms with Crippen molar-refractivity contribution in [2.75, 3.05) is 14.2 Å². The second-order valence-electron chi connectivity index (χ2n) is 5.85. The maximum atomic E-state index is 5.88. The van der Waals surface area contributed by atoms with E-state index in [2.05, 4.69) is 39.3 Å². The average molecular weight is 291 g/mol. The predicted octanol–water partition coefficient (Wildman–Crippen LogP) is 3.67. The number of hydrogen-bond acceptors (Lipinski definition) is 4. The molecule has 0 heterocycles. The maximum Gasteiger partial charge on any atom is 0.268 e. The Kier molecular flexibility index (Phi) is 6.55. The van der Waals surface area contributed by atoms with E-state index in [0.29, 0.717) is 11.7 Å². The summed E-state index contributed by atoms with van der Waals surface area (Å²) in [4.78, 5) is 0. The summed E-state index contributed by atoms with van der Waals surface area (Å²) >= 11 is 0. The van der Waals surface area contributed by atoms with Gasteiger partial charge in [-0.2, -0.15) is 0 Å². The van der Waals surface area contributed by atoms with Crippen LogP contribution in [0.5, 0.6) is 0 Å². The Labute approximate surface area is 113 Å². The Morgan fingerprint density at radius 2 is 1.33 bits per heavy atom. The van der Waals surface area contributed by atoms with Gasteiger partial charge in [0.25, 0.3) is 5.95 Å². The van der Waals surface area contributed by atoms with Gasteiger partial charge in [0.05, 0.1) is 20.3 Å². The lowest BCUT2D eigenvalue weighted by atomic mass is 10.5. The topological polar surface area (TPSA) is 36.9 Å². The molecule has 106 valence electrons. The third-order valence-electron chi connectivity index (χ3n) is 1.53. The Morgan fingerprint density at radius 3 is 1.67 bits per heavy atom. The van der Waals surface area contributed by atoms with Crippen LogP contribution in [0.25, 0.3) is 0 Å². The molecule has 0 unspecified atom stereocenters. The van der Waals surface area contributed by atoms with Crippen molar-refractivity contribution in [1.82, 2.24) is 0 Å². The van der Waals surface area contributed by atoms with Crippen molar-refractivity contribution < 1.29 is 18.3 Å². The molecule has 0 saturated heterocycles. The molecule has 0 N–H and O–H groups in total. The van der Waals surface area contributed by atoms with Crippen LogP contribution in [0, 0.1) is 0 Å². The Morgan fingerprint density at radius 1 is 0.833 bits per heavy atom. The number of ether oxygens (including phenoxy) is 2. The molecule has 0 fully saturated rings. The molecule has 0 aliphatic carbocycles. The lowest BCUT2D eigenvalue weighted by Gasteiger charge is -2.23. The lowest BCUT2D eigenvalue weighted by Crippen LogP contribution is -2.26. The highest BCUT2D eigenvalue weighted by molar-refractivity contribution is 6.70. The Hall–Kier alpha value is -0.886. The molecule has 0 amide bonds. The first-order valence-corrected chi connectivity index (χ1v) is 12.8. The second kappa shape index (κ2) is 6.89. The summed E-state index contributed by atoms with van der Waals surface area (Å²) < 4.78 is 21.9. The highest BCUT2D eigenvalue weighted by Gasteiger charge is 2.21. The van der Waals surface area contributed by atoms with Gasteiger partial charge in [-0.05, 0) is 39.3 Å². The van der Waals surface area contributed by atoms with Gasteiger partial charge >= 0.3 is 0 Å². The smallest absolute Gasteiger partial charge is 0.268 e. The van der Waals surface area contributed by atoms with Gasteiger partial charge < -0.3 is 18.3 Å². The molecule has 0 atom stereocenters. The van der Waals surface area contributed by atoms with Crippen molar-refractivity contribution in [3.8, 4) is 0 Å². The van der Waals surface area contributed by atoms with E-state index >= 15 is 0 Å². The van der Waals surface area contributed by atoms with Gasteiger partial charge in [-0.25, -0.2) is 0 Å². The van der Waals surface area contributed by atoms with E-state index in [9.17, 15) is 0 Å². The molecule has 0 rings (SSSR count). The zero-order valence-corrected chi connectivity index (χ0v) is 14.8. The fourth-order valence-corrected chi connectivity index (χ4v) is 2.67. The van der Waals surface area contributed by atoms with Gasteiger partial charge in [0, 0.05) is 0 Å². The molecule has 6 heteroatoms. The number of hydrogen-bond donors (Lipinski definition) is 0. The van der Waals surface area contributed by atoms with Gasteiger partial charge in [0.2, 0.25) is 16.6 Å². The first-order chi connectivity index (χ1) is 8.07. The van der Waals surface area contributed by atoms with Crippen LogP contribution < -0.4 is 0 Å². The monoisotopic (exact) mass is 290 g/mol. The number of methoxy groups -OCH3 is 2. The van der Waals surface area contributed by atoms with Gasteiger partial charge in [-0.1, -0.05) is 0 Å². The zero-order chi connectivity index (χ0) is 14.4. The van der Waals surface area contributed by atoms with Crippen molar-refractivity contribution in [3.63, 3.8) is 0 Å². The van der Waals surface area contributed by atoms with E-state index in [1.54, 1.807) is 26.6 Å². The van der Waals surface area contributed by atoms with Crippen molar-refractivity contribution in [2.45, 2.75) is 39.3 Å². The highest BCUT2D eigenvalue weighted by Crippen LogP contribution is 2.17. The van der Waals surface area contributed by atoms with Crippen LogP contribution >= 0.6 is 0 Å². The van der Waals surface area contributed by atoms with Crippen molar-refractivity contribution in [1.29, 1.82) is 0 Å². The Balaban J connectivity index is 4.96. The minimum absolute atomic E-state index is 0.468. The summed E-state index contributed by atoms with van der Waals surface area (Å²) in [6.45, 7) is 12.6. The first-order valence-electron chi connectivity index (χ1n) is 5.94. The van der Waals surface area contributed by atoms with Crippen molar-refractivity contribution >= 4 is 16.6 Å².